The van der Waals surface area contributed by atoms with Crippen LogP contribution in [0.4, 0.5) is 0 Å². The SMILES string of the molecule is CC(CCN(C)CCc1nccn1C)N1CCCC1. The zero-order chi connectivity index (χ0) is 13.7. The molecule has 1 aromatic rings. The first-order chi connectivity index (χ1) is 9.16. The average Bonchev–Trinajstić information content (AvgIpc) is 3.05. The molecular weight excluding hydrogens is 236 g/mol. The smallest absolute Gasteiger partial charge is 0.109 e. The van der Waals surface area contributed by atoms with Crippen molar-refractivity contribution < 1.29 is 0 Å². The van der Waals surface area contributed by atoms with Crippen molar-refractivity contribution in [2.45, 2.75) is 38.6 Å². The van der Waals surface area contributed by atoms with E-state index >= 15 is 0 Å². The number of aromatic nitrogens is 2. The summed E-state index contributed by atoms with van der Waals surface area (Å²) >= 11 is 0. The zero-order valence-corrected chi connectivity index (χ0v) is 12.7. The molecule has 1 unspecified atom stereocenters. The van der Waals surface area contributed by atoms with E-state index in [1.54, 1.807) is 0 Å². The van der Waals surface area contributed by atoms with Gasteiger partial charge in [0, 0.05) is 38.4 Å². The van der Waals surface area contributed by atoms with Crippen LogP contribution in [0.3, 0.4) is 0 Å². The van der Waals surface area contributed by atoms with Crippen molar-refractivity contribution in [2.24, 2.45) is 7.05 Å². The van der Waals surface area contributed by atoms with Crippen molar-refractivity contribution >= 4 is 0 Å². The van der Waals surface area contributed by atoms with Gasteiger partial charge < -0.3 is 14.4 Å². The Bertz CT molecular complexity index is 368. The molecule has 1 saturated heterocycles. The van der Waals surface area contributed by atoms with Crippen molar-refractivity contribution in [1.29, 1.82) is 0 Å². The Hall–Kier alpha value is -0.870. The second-order valence-electron chi connectivity index (χ2n) is 5.89. The first-order valence-electron chi connectivity index (χ1n) is 7.55. The van der Waals surface area contributed by atoms with Gasteiger partial charge in [0.15, 0.2) is 0 Å². The van der Waals surface area contributed by atoms with E-state index in [-0.39, 0.29) is 0 Å². The minimum atomic E-state index is 0.734. The molecule has 0 aliphatic carbocycles. The Balaban J connectivity index is 1.64. The van der Waals surface area contributed by atoms with Crippen LogP contribution in [-0.2, 0) is 13.5 Å². The lowest BCUT2D eigenvalue weighted by Gasteiger charge is -2.26. The Morgan fingerprint density at radius 2 is 2.05 bits per heavy atom. The van der Waals surface area contributed by atoms with Crippen LogP contribution in [0, 0.1) is 0 Å². The Kier molecular flexibility index (Phi) is 5.40. The van der Waals surface area contributed by atoms with Gasteiger partial charge in [0.05, 0.1) is 0 Å². The molecule has 19 heavy (non-hydrogen) atoms. The number of hydrogen-bond acceptors (Lipinski definition) is 3. The van der Waals surface area contributed by atoms with E-state index in [0.29, 0.717) is 0 Å². The minimum Gasteiger partial charge on any atom is -0.338 e. The lowest BCUT2D eigenvalue weighted by molar-refractivity contribution is 0.218. The summed E-state index contributed by atoms with van der Waals surface area (Å²) in [4.78, 5) is 9.44. The maximum atomic E-state index is 4.37. The summed E-state index contributed by atoms with van der Waals surface area (Å²) in [6.45, 7) is 7.26. The number of aryl methyl sites for hydroxylation is 1. The Labute approximate surface area is 117 Å². The lowest BCUT2D eigenvalue weighted by Crippen LogP contribution is -2.34. The second kappa shape index (κ2) is 7.06. The molecule has 108 valence electrons. The highest BCUT2D eigenvalue weighted by Crippen LogP contribution is 2.13. The highest BCUT2D eigenvalue weighted by Gasteiger charge is 2.17. The van der Waals surface area contributed by atoms with Crippen molar-refractivity contribution in [3.63, 3.8) is 0 Å². The fraction of sp³-hybridized carbons (Fsp3) is 0.800. The molecule has 1 aliphatic rings. The van der Waals surface area contributed by atoms with E-state index < -0.39 is 0 Å². The summed E-state index contributed by atoms with van der Waals surface area (Å²) in [6, 6.07) is 0.734. The van der Waals surface area contributed by atoms with E-state index in [1.807, 2.05) is 12.4 Å². The molecule has 0 amide bonds. The molecule has 0 aromatic carbocycles. The summed E-state index contributed by atoms with van der Waals surface area (Å²) in [5.41, 5.74) is 0. The molecule has 0 spiro atoms. The van der Waals surface area contributed by atoms with E-state index in [2.05, 4.69) is 40.4 Å². The van der Waals surface area contributed by atoms with Gasteiger partial charge in [-0.3, -0.25) is 0 Å². The van der Waals surface area contributed by atoms with Gasteiger partial charge in [-0.2, -0.15) is 0 Å². The predicted octanol–water partition coefficient (Wildman–Crippen LogP) is 1.77. The number of hydrogen-bond donors (Lipinski definition) is 0. The number of rotatable bonds is 7. The van der Waals surface area contributed by atoms with Crippen LogP contribution in [0.1, 0.15) is 32.0 Å². The quantitative estimate of drug-likeness (QED) is 0.750. The molecule has 2 heterocycles. The van der Waals surface area contributed by atoms with Gasteiger partial charge in [-0.1, -0.05) is 0 Å². The van der Waals surface area contributed by atoms with Crippen LogP contribution < -0.4 is 0 Å². The third-order valence-electron chi connectivity index (χ3n) is 4.33. The van der Waals surface area contributed by atoms with Crippen LogP contribution >= 0.6 is 0 Å². The number of likely N-dealkylation sites (tertiary alicyclic amines) is 1. The van der Waals surface area contributed by atoms with Gasteiger partial charge in [0.1, 0.15) is 5.82 Å². The first kappa shape index (κ1) is 14.5. The van der Waals surface area contributed by atoms with Crippen molar-refractivity contribution in [3.05, 3.63) is 18.2 Å². The molecular formula is C15H28N4. The fourth-order valence-corrected chi connectivity index (χ4v) is 2.81. The van der Waals surface area contributed by atoms with E-state index in [9.17, 15) is 0 Å². The van der Waals surface area contributed by atoms with Gasteiger partial charge in [-0.05, 0) is 52.9 Å². The van der Waals surface area contributed by atoms with Crippen LogP contribution in [-0.4, -0.2) is 58.6 Å². The zero-order valence-electron chi connectivity index (χ0n) is 12.7. The summed E-state index contributed by atoms with van der Waals surface area (Å²) in [7, 11) is 4.29. The first-order valence-corrected chi connectivity index (χ1v) is 7.55. The third-order valence-corrected chi connectivity index (χ3v) is 4.33. The normalized spacial score (nSPS) is 18.3. The molecule has 4 heteroatoms. The molecule has 1 fully saturated rings. The van der Waals surface area contributed by atoms with Crippen LogP contribution in [0.2, 0.25) is 0 Å². The van der Waals surface area contributed by atoms with Crippen LogP contribution in [0.25, 0.3) is 0 Å². The molecule has 0 bridgehead atoms. The molecule has 2 rings (SSSR count). The van der Waals surface area contributed by atoms with Crippen molar-refractivity contribution in [1.82, 2.24) is 19.4 Å². The Morgan fingerprint density at radius 3 is 2.68 bits per heavy atom. The van der Waals surface area contributed by atoms with Crippen LogP contribution in [0.5, 0.6) is 0 Å². The maximum Gasteiger partial charge on any atom is 0.109 e. The van der Waals surface area contributed by atoms with Gasteiger partial charge in [0.2, 0.25) is 0 Å². The second-order valence-corrected chi connectivity index (χ2v) is 5.89. The van der Waals surface area contributed by atoms with E-state index in [1.165, 1.54) is 44.7 Å². The molecule has 0 saturated carbocycles. The summed E-state index contributed by atoms with van der Waals surface area (Å²) in [6.07, 6.45) is 8.99. The highest BCUT2D eigenvalue weighted by molar-refractivity contribution is 4.91. The van der Waals surface area contributed by atoms with Crippen molar-refractivity contribution in [3.8, 4) is 0 Å². The maximum absolute atomic E-state index is 4.37. The summed E-state index contributed by atoms with van der Waals surface area (Å²) in [5, 5.41) is 0. The van der Waals surface area contributed by atoms with E-state index in [0.717, 1.165) is 19.0 Å². The number of nitrogens with zero attached hydrogens (tertiary/aromatic N) is 4. The van der Waals surface area contributed by atoms with Gasteiger partial charge in [-0.15, -0.1) is 0 Å². The molecule has 1 aliphatic heterocycles. The fourth-order valence-electron chi connectivity index (χ4n) is 2.81. The largest absolute Gasteiger partial charge is 0.338 e. The topological polar surface area (TPSA) is 24.3 Å². The van der Waals surface area contributed by atoms with Crippen molar-refractivity contribution in [2.75, 3.05) is 33.2 Å². The highest BCUT2D eigenvalue weighted by atomic mass is 15.2. The molecule has 1 aromatic heterocycles. The lowest BCUT2D eigenvalue weighted by atomic mass is 10.2. The minimum absolute atomic E-state index is 0.734. The van der Waals surface area contributed by atoms with E-state index in [4.69, 9.17) is 0 Å². The molecule has 1 atom stereocenters. The monoisotopic (exact) mass is 264 g/mol. The van der Waals surface area contributed by atoms with Gasteiger partial charge >= 0.3 is 0 Å². The average molecular weight is 264 g/mol. The van der Waals surface area contributed by atoms with Gasteiger partial charge in [-0.25, -0.2) is 4.98 Å². The number of likely N-dealkylation sites (N-methyl/N-ethyl adjacent to an activating group) is 1. The molecule has 4 nitrogen and oxygen atoms in total. The Morgan fingerprint density at radius 1 is 1.32 bits per heavy atom. The third kappa shape index (κ3) is 4.32. The standard InChI is InChI=1S/C15H28N4/c1-14(19-9-4-5-10-19)6-11-17(2)12-7-15-16-8-13-18(15)3/h8,13-14H,4-7,9-12H2,1-3H3. The van der Waals surface area contributed by atoms with Crippen LogP contribution in [0.15, 0.2) is 12.4 Å². The molecule has 0 radical (unpaired) electrons. The summed E-state index contributed by atoms with van der Waals surface area (Å²) < 4.78 is 2.11. The summed E-state index contributed by atoms with van der Waals surface area (Å²) in [5.74, 6) is 1.18. The molecule has 0 N–H and O–H groups in total. The predicted molar refractivity (Wildman–Crippen MR) is 79.3 cm³/mol. The van der Waals surface area contributed by atoms with Gasteiger partial charge in [0.25, 0.3) is 0 Å². The number of imidazole rings is 1.